The Morgan fingerprint density at radius 3 is 2.70 bits per heavy atom. The van der Waals surface area contributed by atoms with Crippen LogP contribution >= 0.6 is 15.9 Å². The molecule has 102 valence electrons. The van der Waals surface area contributed by atoms with E-state index in [9.17, 15) is 4.79 Å². The molecule has 0 bridgehead atoms. The number of carbonyl (C=O) groups is 1. The molecule has 4 heteroatoms. The number of carbonyl (C=O) groups excluding carboxylic acids is 1. The predicted molar refractivity (Wildman–Crippen MR) is 82.1 cm³/mol. The van der Waals surface area contributed by atoms with Gasteiger partial charge in [0.15, 0.2) is 0 Å². The van der Waals surface area contributed by atoms with Crippen LogP contribution in [0.15, 0.2) is 53.0 Å². The minimum Gasteiger partial charge on any atom is -0.493 e. The van der Waals surface area contributed by atoms with E-state index in [1.54, 1.807) is 0 Å². The van der Waals surface area contributed by atoms with E-state index in [1.807, 2.05) is 48.5 Å². The molecule has 20 heavy (non-hydrogen) atoms. The van der Waals surface area contributed by atoms with Crippen LogP contribution in [0.2, 0.25) is 0 Å². The topological polar surface area (TPSA) is 38.3 Å². The normalized spacial score (nSPS) is 16.9. The minimum absolute atomic E-state index is 0.0167. The summed E-state index contributed by atoms with van der Waals surface area (Å²) in [5.41, 5.74) is 1.77. The zero-order valence-corrected chi connectivity index (χ0v) is 12.4. The first-order valence-electron chi connectivity index (χ1n) is 6.52. The van der Waals surface area contributed by atoms with Crippen LogP contribution in [0, 0.1) is 0 Å². The molecule has 0 spiro atoms. The van der Waals surface area contributed by atoms with E-state index in [1.165, 1.54) is 0 Å². The van der Waals surface area contributed by atoms with Gasteiger partial charge in [-0.2, -0.15) is 0 Å². The van der Waals surface area contributed by atoms with E-state index in [-0.39, 0.29) is 11.8 Å². The molecule has 0 radical (unpaired) electrons. The molecule has 2 aromatic rings. The Labute approximate surface area is 126 Å². The summed E-state index contributed by atoms with van der Waals surface area (Å²) in [5, 5.41) is 2.96. The second-order valence-electron chi connectivity index (χ2n) is 4.72. The molecule has 1 atom stereocenters. The van der Waals surface area contributed by atoms with Crippen LogP contribution in [0.3, 0.4) is 0 Å². The van der Waals surface area contributed by atoms with Crippen LogP contribution in [0.25, 0.3) is 0 Å². The first kappa shape index (κ1) is 13.2. The molecule has 3 nitrogen and oxygen atoms in total. The molecule has 3 rings (SSSR count). The van der Waals surface area contributed by atoms with Crippen LogP contribution in [-0.4, -0.2) is 12.5 Å². The molecule has 1 unspecified atom stereocenters. The summed E-state index contributed by atoms with van der Waals surface area (Å²) in [4.78, 5) is 12.4. The Morgan fingerprint density at radius 2 is 1.90 bits per heavy atom. The number of amides is 1. The fourth-order valence-electron chi connectivity index (χ4n) is 2.38. The van der Waals surface area contributed by atoms with Crippen molar-refractivity contribution in [3.8, 4) is 5.75 Å². The van der Waals surface area contributed by atoms with Crippen molar-refractivity contribution in [1.82, 2.24) is 0 Å². The summed E-state index contributed by atoms with van der Waals surface area (Å²) < 4.78 is 6.58. The summed E-state index contributed by atoms with van der Waals surface area (Å²) in [6.45, 7) is 0.579. The number of halogens is 1. The molecule has 1 heterocycles. The Balaban J connectivity index is 1.80. The van der Waals surface area contributed by atoms with Crippen molar-refractivity contribution in [3.63, 3.8) is 0 Å². The van der Waals surface area contributed by atoms with Gasteiger partial charge in [0.05, 0.1) is 12.5 Å². The zero-order chi connectivity index (χ0) is 13.9. The second-order valence-corrected chi connectivity index (χ2v) is 5.64. The molecular weight excluding hydrogens is 318 g/mol. The Morgan fingerprint density at radius 1 is 1.15 bits per heavy atom. The van der Waals surface area contributed by atoms with Gasteiger partial charge in [-0.15, -0.1) is 0 Å². The summed E-state index contributed by atoms with van der Waals surface area (Å²) in [6.07, 6.45) is 0.708. The van der Waals surface area contributed by atoms with Gasteiger partial charge in [-0.3, -0.25) is 4.79 Å². The third-order valence-corrected chi connectivity index (χ3v) is 3.92. The van der Waals surface area contributed by atoms with Crippen molar-refractivity contribution in [3.05, 3.63) is 58.6 Å². The van der Waals surface area contributed by atoms with Gasteiger partial charge in [0, 0.05) is 15.7 Å². The molecule has 2 aromatic carbocycles. The van der Waals surface area contributed by atoms with Crippen LogP contribution in [0.5, 0.6) is 5.75 Å². The highest BCUT2D eigenvalue weighted by Crippen LogP contribution is 2.34. The summed E-state index contributed by atoms with van der Waals surface area (Å²) in [7, 11) is 0. The average molecular weight is 332 g/mol. The van der Waals surface area contributed by atoms with Gasteiger partial charge in [0.2, 0.25) is 5.91 Å². The molecule has 1 amide bonds. The van der Waals surface area contributed by atoms with Crippen LogP contribution in [-0.2, 0) is 4.79 Å². The average Bonchev–Trinajstić information content (AvgIpc) is 2.49. The van der Waals surface area contributed by atoms with Crippen LogP contribution in [0.1, 0.15) is 17.9 Å². The van der Waals surface area contributed by atoms with Gasteiger partial charge >= 0.3 is 0 Å². The Bertz CT molecular complexity index is 625. The van der Waals surface area contributed by atoms with Gasteiger partial charge in [-0.1, -0.05) is 34.1 Å². The number of hydrogen-bond donors (Lipinski definition) is 1. The van der Waals surface area contributed by atoms with Crippen molar-refractivity contribution in [2.24, 2.45) is 0 Å². The molecular formula is C16H14BrNO2. The SMILES string of the molecule is O=C(Nc1ccc(Br)cc1)C1CCOc2ccccc21. The summed E-state index contributed by atoms with van der Waals surface area (Å²) in [5.74, 6) is 0.682. The third kappa shape index (κ3) is 2.70. The largest absolute Gasteiger partial charge is 0.493 e. The van der Waals surface area contributed by atoms with Gasteiger partial charge in [-0.25, -0.2) is 0 Å². The van der Waals surface area contributed by atoms with E-state index in [4.69, 9.17) is 4.74 Å². The lowest BCUT2D eigenvalue weighted by Crippen LogP contribution is -2.26. The quantitative estimate of drug-likeness (QED) is 0.904. The van der Waals surface area contributed by atoms with Crippen molar-refractivity contribution >= 4 is 27.5 Å². The van der Waals surface area contributed by atoms with Gasteiger partial charge in [0.1, 0.15) is 5.75 Å². The van der Waals surface area contributed by atoms with Crippen LogP contribution < -0.4 is 10.1 Å². The fourth-order valence-corrected chi connectivity index (χ4v) is 2.64. The Kier molecular flexibility index (Phi) is 3.74. The van der Waals surface area contributed by atoms with Crippen molar-refractivity contribution in [2.45, 2.75) is 12.3 Å². The molecule has 1 N–H and O–H groups in total. The van der Waals surface area contributed by atoms with E-state index < -0.39 is 0 Å². The molecule has 1 aliphatic rings. The minimum atomic E-state index is -0.149. The number of rotatable bonds is 2. The smallest absolute Gasteiger partial charge is 0.232 e. The van der Waals surface area contributed by atoms with Gasteiger partial charge in [0.25, 0.3) is 0 Å². The molecule has 0 saturated carbocycles. The molecule has 0 fully saturated rings. The Hall–Kier alpha value is -1.81. The number of anilines is 1. The molecule has 1 aliphatic heterocycles. The number of hydrogen-bond acceptors (Lipinski definition) is 2. The van der Waals surface area contributed by atoms with Gasteiger partial charge < -0.3 is 10.1 Å². The number of ether oxygens (including phenoxy) is 1. The van der Waals surface area contributed by atoms with E-state index in [0.29, 0.717) is 13.0 Å². The molecule has 0 aliphatic carbocycles. The predicted octanol–water partition coefficient (Wildman–Crippen LogP) is 3.95. The van der Waals surface area contributed by atoms with E-state index in [2.05, 4.69) is 21.2 Å². The van der Waals surface area contributed by atoms with Gasteiger partial charge in [-0.05, 0) is 36.8 Å². The summed E-state index contributed by atoms with van der Waals surface area (Å²) >= 11 is 3.38. The highest BCUT2D eigenvalue weighted by molar-refractivity contribution is 9.10. The number of fused-ring (bicyclic) bond motifs is 1. The highest BCUT2D eigenvalue weighted by Gasteiger charge is 2.27. The third-order valence-electron chi connectivity index (χ3n) is 3.39. The summed E-state index contributed by atoms with van der Waals surface area (Å²) in [6, 6.07) is 15.3. The first-order chi connectivity index (χ1) is 9.74. The maximum Gasteiger partial charge on any atom is 0.232 e. The lowest BCUT2D eigenvalue weighted by Gasteiger charge is -2.25. The number of nitrogens with one attached hydrogen (secondary N) is 1. The van der Waals surface area contributed by atoms with Crippen molar-refractivity contribution < 1.29 is 9.53 Å². The van der Waals surface area contributed by atoms with Crippen molar-refractivity contribution in [2.75, 3.05) is 11.9 Å². The second kappa shape index (κ2) is 5.67. The highest BCUT2D eigenvalue weighted by atomic mass is 79.9. The lowest BCUT2D eigenvalue weighted by molar-refractivity contribution is -0.118. The first-order valence-corrected chi connectivity index (χ1v) is 7.31. The fraction of sp³-hybridized carbons (Fsp3) is 0.188. The zero-order valence-electron chi connectivity index (χ0n) is 10.8. The van der Waals surface area contributed by atoms with E-state index >= 15 is 0 Å². The number of para-hydroxylation sites is 1. The maximum atomic E-state index is 12.4. The molecule has 0 saturated heterocycles. The maximum absolute atomic E-state index is 12.4. The lowest BCUT2D eigenvalue weighted by atomic mass is 9.92. The van der Waals surface area contributed by atoms with Crippen molar-refractivity contribution in [1.29, 1.82) is 0 Å². The monoisotopic (exact) mass is 331 g/mol. The molecule has 0 aromatic heterocycles. The number of benzene rings is 2. The standard InChI is InChI=1S/C16H14BrNO2/c17-11-5-7-12(8-6-11)18-16(19)14-9-10-20-15-4-2-1-3-13(14)15/h1-8,14H,9-10H2,(H,18,19). The van der Waals surface area contributed by atoms with E-state index in [0.717, 1.165) is 21.5 Å². The van der Waals surface area contributed by atoms with Crippen LogP contribution in [0.4, 0.5) is 5.69 Å².